The number of hydrogen-bond donors (Lipinski definition) is 1. The maximum absolute atomic E-state index is 12.6. The lowest BCUT2D eigenvalue weighted by molar-refractivity contribution is -0.125. The topological polar surface area (TPSA) is 49.4 Å². The molecule has 0 spiro atoms. The highest BCUT2D eigenvalue weighted by Crippen LogP contribution is 2.27. The van der Waals surface area contributed by atoms with Crippen LogP contribution in [0.1, 0.15) is 29.5 Å². The van der Waals surface area contributed by atoms with Crippen molar-refractivity contribution in [3.8, 4) is 0 Å². The van der Waals surface area contributed by atoms with Crippen molar-refractivity contribution in [1.82, 2.24) is 0 Å². The molecule has 4 heteroatoms. The van der Waals surface area contributed by atoms with Crippen molar-refractivity contribution >= 4 is 23.2 Å². The molecule has 0 aromatic heterocycles. The van der Waals surface area contributed by atoms with Crippen LogP contribution in [-0.2, 0) is 16.0 Å². The third-order valence-corrected chi connectivity index (χ3v) is 4.39. The molecule has 0 unspecified atom stereocenters. The first-order chi connectivity index (χ1) is 11.5. The van der Waals surface area contributed by atoms with Crippen LogP contribution in [0.4, 0.5) is 11.4 Å². The second kappa shape index (κ2) is 6.87. The van der Waals surface area contributed by atoms with Crippen LogP contribution in [0.2, 0.25) is 0 Å². The zero-order valence-corrected chi connectivity index (χ0v) is 14.1. The Labute approximate surface area is 142 Å². The maximum atomic E-state index is 12.6. The molecule has 0 bridgehead atoms. The fraction of sp³-hybridized carbons (Fsp3) is 0.300. The summed E-state index contributed by atoms with van der Waals surface area (Å²) in [4.78, 5) is 26.6. The Balaban J connectivity index is 1.69. The van der Waals surface area contributed by atoms with E-state index < -0.39 is 0 Å². The Morgan fingerprint density at radius 1 is 1.12 bits per heavy atom. The van der Waals surface area contributed by atoms with E-state index in [9.17, 15) is 9.59 Å². The average Bonchev–Trinajstić information content (AvgIpc) is 2.57. The van der Waals surface area contributed by atoms with Crippen molar-refractivity contribution in [1.29, 1.82) is 0 Å². The maximum Gasteiger partial charge on any atom is 0.236 e. The molecule has 0 saturated heterocycles. The summed E-state index contributed by atoms with van der Waals surface area (Å²) < 4.78 is 0. The van der Waals surface area contributed by atoms with Crippen LogP contribution in [0.25, 0.3) is 0 Å². The molecule has 1 N–H and O–H groups in total. The molecule has 2 aromatic rings. The summed E-state index contributed by atoms with van der Waals surface area (Å²) in [5.41, 5.74) is 4.95. The van der Waals surface area contributed by atoms with Crippen LogP contribution in [0.5, 0.6) is 0 Å². The van der Waals surface area contributed by atoms with Gasteiger partial charge < -0.3 is 10.2 Å². The number of rotatable bonds is 3. The second-order valence-corrected chi connectivity index (χ2v) is 6.32. The summed E-state index contributed by atoms with van der Waals surface area (Å²) in [5.74, 6) is -0.415. The number of carbonyl (C=O) groups excluding carboxylic acids is 2. The number of amides is 2. The molecular weight excluding hydrogens is 300 g/mol. The minimum absolute atomic E-state index is 0.137. The number of anilines is 2. The molecule has 1 aliphatic rings. The van der Waals surface area contributed by atoms with Crippen molar-refractivity contribution in [3.63, 3.8) is 0 Å². The Hall–Kier alpha value is -2.62. The highest BCUT2D eigenvalue weighted by Gasteiger charge is 2.23. The lowest BCUT2D eigenvalue weighted by Gasteiger charge is -2.29. The zero-order valence-electron chi connectivity index (χ0n) is 14.1. The number of aryl methyl sites for hydroxylation is 3. The first kappa shape index (κ1) is 16.2. The quantitative estimate of drug-likeness (QED) is 0.878. The van der Waals surface area contributed by atoms with Gasteiger partial charge in [0, 0.05) is 17.9 Å². The Morgan fingerprint density at radius 3 is 2.75 bits per heavy atom. The fourth-order valence-corrected chi connectivity index (χ4v) is 3.09. The van der Waals surface area contributed by atoms with E-state index in [4.69, 9.17) is 0 Å². The largest absolute Gasteiger partial charge is 0.325 e. The minimum Gasteiger partial charge on any atom is -0.325 e. The summed E-state index contributed by atoms with van der Waals surface area (Å²) in [5, 5.41) is 2.86. The predicted molar refractivity (Wildman–Crippen MR) is 96.3 cm³/mol. The zero-order chi connectivity index (χ0) is 17.1. The first-order valence-corrected chi connectivity index (χ1v) is 8.30. The van der Waals surface area contributed by atoms with Gasteiger partial charge in [-0.1, -0.05) is 30.3 Å². The lowest BCUT2D eigenvalue weighted by atomic mass is 10.0. The van der Waals surface area contributed by atoms with Crippen molar-refractivity contribution < 1.29 is 9.59 Å². The standard InChI is InChI=1S/C20H22N2O2/c1-14-9-10-15(2)17(12-14)21-19(23)13-20(24)22-11-5-7-16-6-3-4-8-18(16)22/h3-4,6,8-10,12H,5,7,11,13H2,1-2H3,(H,21,23). The summed E-state index contributed by atoms with van der Waals surface area (Å²) in [6, 6.07) is 13.8. The summed E-state index contributed by atoms with van der Waals surface area (Å²) >= 11 is 0. The summed E-state index contributed by atoms with van der Waals surface area (Å²) in [6.45, 7) is 4.59. The highest BCUT2D eigenvalue weighted by molar-refractivity contribution is 6.09. The van der Waals surface area contributed by atoms with Crippen LogP contribution in [0.3, 0.4) is 0 Å². The molecule has 4 nitrogen and oxygen atoms in total. The average molecular weight is 322 g/mol. The molecule has 0 aliphatic carbocycles. The normalized spacial score (nSPS) is 13.3. The van der Waals surface area contributed by atoms with Crippen molar-refractivity contribution in [2.24, 2.45) is 0 Å². The smallest absolute Gasteiger partial charge is 0.236 e. The van der Waals surface area contributed by atoms with E-state index in [-0.39, 0.29) is 18.2 Å². The van der Waals surface area contributed by atoms with Gasteiger partial charge in [-0.15, -0.1) is 0 Å². The molecule has 3 rings (SSSR count). The molecule has 2 aromatic carbocycles. The number of benzene rings is 2. The predicted octanol–water partition coefficient (Wildman–Crippen LogP) is 3.61. The number of carbonyl (C=O) groups is 2. The van der Waals surface area contributed by atoms with Gasteiger partial charge in [0.05, 0.1) is 0 Å². The van der Waals surface area contributed by atoms with E-state index in [0.717, 1.165) is 35.3 Å². The van der Waals surface area contributed by atoms with Gasteiger partial charge in [-0.05, 0) is 55.5 Å². The van der Waals surface area contributed by atoms with E-state index in [1.807, 2.05) is 56.3 Å². The molecule has 1 aliphatic heterocycles. The van der Waals surface area contributed by atoms with E-state index in [1.54, 1.807) is 4.90 Å². The number of hydrogen-bond acceptors (Lipinski definition) is 2. The van der Waals surface area contributed by atoms with Crippen LogP contribution < -0.4 is 10.2 Å². The Morgan fingerprint density at radius 2 is 1.92 bits per heavy atom. The third-order valence-electron chi connectivity index (χ3n) is 4.39. The lowest BCUT2D eigenvalue weighted by Crippen LogP contribution is -2.37. The fourth-order valence-electron chi connectivity index (χ4n) is 3.09. The monoisotopic (exact) mass is 322 g/mol. The van der Waals surface area contributed by atoms with Gasteiger partial charge >= 0.3 is 0 Å². The number of nitrogens with one attached hydrogen (secondary N) is 1. The van der Waals surface area contributed by atoms with Gasteiger partial charge in [-0.3, -0.25) is 9.59 Å². The van der Waals surface area contributed by atoms with Crippen molar-refractivity contribution in [2.75, 3.05) is 16.8 Å². The van der Waals surface area contributed by atoms with E-state index >= 15 is 0 Å². The van der Waals surface area contributed by atoms with Gasteiger partial charge in [-0.25, -0.2) is 0 Å². The van der Waals surface area contributed by atoms with Crippen molar-refractivity contribution in [2.45, 2.75) is 33.1 Å². The van der Waals surface area contributed by atoms with Gasteiger partial charge in [0.25, 0.3) is 0 Å². The molecule has 0 saturated carbocycles. The number of nitrogens with zero attached hydrogens (tertiary/aromatic N) is 1. The third kappa shape index (κ3) is 3.48. The molecule has 24 heavy (non-hydrogen) atoms. The molecule has 0 fully saturated rings. The molecule has 2 amide bonds. The molecule has 0 atom stereocenters. The molecular formula is C20H22N2O2. The van der Waals surface area contributed by atoms with Crippen LogP contribution in [0, 0.1) is 13.8 Å². The SMILES string of the molecule is Cc1ccc(C)c(NC(=O)CC(=O)N2CCCc3ccccc32)c1. The van der Waals surface area contributed by atoms with Crippen LogP contribution >= 0.6 is 0 Å². The van der Waals surface area contributed by atoms with E-state index in [2.05, 4.69) is 5.32 Å². The van der Waals surface area contributed by atoms with Gasteiger partial charge in [-0.2, -0.15) is 0 Å². The summed E-state index contributed by atoms with van der Waals surface area (Å²) in [6.07, 6.45) is 1.78. The first-order valence-electron chi connectivity index (χ1n) is 8.30. The molecule has 124 valence electrons. The van der Waals surface area contributed by atoms with Crippen LogP contribution in [-0.4, -0.2) is 18.4 Å². The second-order valence-electron chi connectivity index (χ2n) is 6.32. The number of para-hydroxylation sites is 1. The van der Waals surface area contributed by atoms with Gasteiger partial charge in [0.1, 0.15) is 6.42 Å². The number of fused-ring (bicyclic) bond motifs is 1. The molecule has 1 heterocycles. The van der Waals surface area contributed by atoms with Crippen LogP contribution in [0.15, 0.2) is 42.5 Å². The van der Waals surface area contributed by atoms with Gasteiger partial charge in [0.15, 0.2) is 0 Å². The van der Waals surface area contributed by atoms with E-state index in [0.29, 0.717) is 6.54 Å². The minimum atomic E-state index is -0.267. The Kier molecular flexibility index (Phi) is 4.65. The van der Waals surface area contributed by atoms with Crippen molar-refractivity contribution in [3.05, 3.63) is 59.2 Å². The van der Waals surface area contributed by atoms with E-state index in [1.165, 1.54) is 5.56 Å². The Bertz CT molecular complexity index is 783. The highest BCUT2D eigenvalue weighted by atomic mass is 16.2. The molecule has 0 radical (unpaired) electrons. The summed E-state index contributed by atoms with van der Waals surface area (Å²) in [7, 11) is 0. The van der Waals surface area contributed by atoms with Gasteiger partial charge in [0.2, 0.25) is 11.8 Å².